The van der Waals surface area contributed by atoms with E-state index < -0.39 is 17.2 Å². The molecule has 0 aromatic carbocycles. The summed E-state index contributed by atoms with van der Waals surface area (Å²) in [5, 5.41) is 1.82. The summed E-state index contributed by atoms with van der Waals surface area (Å²) in [4.78, 5) is 39.6. The highest BCUT2D eigenvalue weighted by atomic mass is 32.1. The van der Waals surface area contributed by atoms with E-state index in [0.717, 1.165) is 4.57 Å². The van der Waals surface area contributed by atoms with E-state index in [0.29, 0.717) is 4.80 Å². The molecule has 0 fully saturated rings. The van der Waals surface area contributed by atoms with Gasteiger partial charge >= 0.3 is 5.69 Å². The minimum atomic E-state index is -0.469. The summed E-state index contributed by atoms with van der Waals surface area (Å²) in [7, 11) is 4.71. The zero-order valence-electron chi connectivity index (χ0n) is 11.8. The molecule has 0 saturated heterocycles. The van der Waals surface area contributed by atoms with Crippen LogP contribution in [0.2, 0.25) is 0 Å². The van der Waals surface area contributed by atoms with Crippen molar-refractivity contribution in [3.8, 4) is 0 Å². The number of rotatable bonds is 2. The fraction of sp³-hybridized carbons (Fsp3) is 0.231. The summed E-state index contributed by atoms with van der Waals surface area (Å²) < 4.78 is 3.99. The van der Waals surface area contributed by atoms with Crippen molar-refractivity contribution in [2.75, 3.05) is 0 Å². The average molecular weight is 306 g/mol. The normalized spacial score (nSPS) is 12.2. The van der Waals surface area contributed by atoms with Gasteiger partial charge in [-0.2, -0.15) is 4.99 Å². The van der Waals surface area contributed by atoms with Crippen molar-refractivity contribution in [2.24, 2.45) is 26.1 Å². The van der Waals surface area contributed by atoms with Crippen molar-refractivity contribution in [3.05, 3.63) is 55.1 Å². The van der Waals surface area contributed by atoms with Crippen molar-refractivity contribution in [1.82, 2.24) is 13.7 Å². The summed E-state index contributed by atoms with van der Waals surface area (Å²) >= 11 is 1.34. The lowest BCUT2D eigenvalue weighted by Gasteiger charge is -2.02. The first-order chi connectivity index (χ1) is 9.90. The predicted molar refractivity (Wildman–Crippen MR) is 79.8 cm³/mol. The molecule has 2 heterocycles. The smallest absolute Gasteiger partial charge is 0.327 e. The van der Waals surface area contributed by atoms with Crippen molar-refractivity contribution in [2.45, 2.75) is 0 Å². The van der Waals surface area contributed by atoms with Gasteiger partial charge in [-0.25, -0.2) is 4.79 Å². The lowest BCUT2D eigenvalue weighted by molar-refractivity contribution is -0.113. The van der Waals surface area contributed by atoms with Crippen LogP contribution in [-0.4, -0.2) is 19.6 Å². The Kier molecular flexibility index (Phi) is 4.18. The second kappa shape index (κ2) is 5.88. The van der Waals surface area contributed by atoms with Gasteiger partial charge in [0.25, 0.3) is 11.5 Å². The number of hydrogen-bond acceptors (Lipinski definition) is 4. The molecule has 2 rings (SSSR count). The molecule has 0 N–H and O–H groups in total. The first kappa shape index (κ1) is 14.9. The summed E-state index contributed by atoms with van der Waals surface area (Å²) in [6.07, 6.45) is 5.75. The molecule has 0 saturated carbocycles. The van der Waals surface area contributed by atoms with Crippen LogP contribution < -0.4 is 16.1 Å². The molecule has 0 radical (unpaired) electrons. The number of nitrogens with zero attached hydrogens (tertiary/aromatic N) is 4. The van der Waals surface area contributed by atoms with Crippen LogP contribution in [0, 0.1) is 0 Å². The number of carbonyl (C=O) groups is 1. The van der Waals surface area contributed by atoms with Crippen molar-refractivity contribution in [1.29, 1.82) is 0 Å². The SMILES string of the molecule is Cn1ccsc1=NC(=O)C=Cc1cn(C)c(=O)n(C)c1=O. The highest BCUT2D eigenvalue weighted by Gasteiger charge is 2.04. The van der Waals surface area contributed by atoms with Crippen LogP contribution in [0.15, 0.2) is 38.4 Å². The van der Waals surface area contributed by atoms with Gasteiger partial charge in [0.1, 0.15) is 0 Å². The van der Waals surface area contributed by atoms with E-state index in [2.05, 4.69) is 4.99 Å². The van der Waals surface area contributed by atoms with Crippen LogP contribution in [0.3, 0.4) is 0 Å². The topological polar surface area (TPSA) is 78.4 Å². The van der Waals surface area contributed by atoms with Crippen LogP contribution in [-0.2, 0) is 25.9 Å². The minimum absolute atomic E-state index is 0.249. The molecule has 7 nitrogen and oxygen atoms in total. The number of carbonyl (C=O) groups excluding carboxylic acids is 1. The third-order valence-corrected chi connectivity index (χ3v) is 3.69. The average Bonchev–Trinajstić information content (AvgIpc) is 2.84. The summed E-state index contributed by atoms with van der Waals surface area (Å²) in [5.41, 5.74) is -0.624. The van der Waals surface area contributed by atoms with E-state index in [1.165, 1.54) is 48.3 Å². The number of aromatic nitrogens is 3. The molecule has 2 aromatic heterocycles. The zero-order chi connectivity index (χ0) is 15.6. The molecule has 2 aromatic rings. The van der Waals surface area contributed by atoms with Crippen LogP contribution in [0.5, 0.6) is 0 Å². The Bertz CT molecular complexity index is 895. The van der Waals surface area contributed by atoms with E-state index >= 15 is 0 Å². The molecule has 110 valence electrons. The molecule has 0 spiro atoms. The van der Waals surface area contributed by atoms with Gasteiger partial charge in [-0.05, 0) is 6.08 Å². The lowest BCUT2D eigenvalue weighted by Crippen LogP contribution is -2.37. The highest BCUT2D eigenvalue weighted by Crippen LogP contribution is 1.94. The van der Waals surface area contributed by atoms with Gasteiger partial charge in [0.15, 0.2) is 4.80 Å². The molecule has 0 aliphatic rings. The maximum absolute atomic E-state index is 11.9. The van der Waals surface area contributed by atoms with Gasteiger partial charge in [0.05, 0.1) is 5.56 Å². The molecule has 0 atom stereocenters. The molecule has 1 amide bonds. The third-order valence-electron chi connectivity index (χ3n) is 2.84. The van der Waals surface area contributed by atoms with E-state index in [1.54, 1.807) is 17.8 Å². The van der Waals surface area contributed by atoms with Gasteiger partial charge in [0.2, 0.25) is 0 Å². The molecule has 0 unspecified atom stereocenters. The standard InChI is InChI=1S/C13H14N4O3S/c1-15-6-7-21-12(15)14-10(18)5-4-9-8-16(2)13(20)17(3)11(9)19/h4-8H,1-3H3. The van der Waals surface area contributed by atoms with Gasteiger partial charge in [-0.1, -0.05) is 0 Å². The second-order valence-corrected chi connectivity index (χ2v) is 5.29. The lowest BCUT2D eigenvalue weighted by atomic mass is 10.3. The van der Waals surface area contributed by atoms with Gasteiger partial charge in [0, 0.05) is 45.0 Å². The van der Waals surface area contributed by atoms with Crippen molar-refractivity contribution in [3.63, 3.8) is 0 Å². The molecule has 0 aliphatic carbocycles. The minimum Gasteiger partial charge on any atom is -0.327 e. The van der Waals surface area contributed by atoms with E-state index in [-0.39, 0.29) is 5.56 Å². The fourth-order valence-corrected chi connectivity index (χ4v) is 2.41. The number of hydrogen-bond donors (Lipinski definition) is 0. The zero-order valence-corrected chi connectivity index (χ0v) is 12.6. The second-order valence-electron chi connectivity index (χ2n) is 4.42. The summed E-state index contributed by atoms with van der Waals surface area (Å²) in [6.45, 7) is 0. The van der Waals surface area contributed by atoms with Crippen molar-refractivity contribution >= 4 is 23.3 Å². The fourth-order valence-electron chi connectivity index (χ4n) is 1.68. The van der Waals surface area contributed by atoms with Crippen LogP contribution in [0.25, 0.3) is 6.08 Å². The van der Waals surface area contributed by atoms with Gasteiger partial charge < -0.3 is 9.13 Å². The summed E-state index contributed by atoms with van der Waals surface area (Å²) in [6, 6.07) is 0. The van der Waals surface area contributed by atoms with E-state index in [4.69, 9.17) is 0 Å². The predicted octanol–water partition coefficient (Wildman–Crippen LogP) is -0.375. The number of thiazole rings is 1. The Morgan fingerprint density at radius 1 is 1.24 bits per heavy atom. The van der Waals surface area contributed by atoms with Crippen molar-refractivity contribution < 1.29 is 4.79 Å². The number of aryl methyl sites for hydroxylation is 2. The van der Waals surface area contributed by atoms with Crippen LogP contribution >= 0.6 is 11.3 Å². The maximum Gasteiger partial charge on any atom is 0.330 e. The highest BCUT2D eigenvalue weighted by molar-refractivity contribution is 7.07. The Labute approximate surface area is 123 Å². The molecular formula is C13H14N4O3S. The van der Waals surface area contributed by atoms with Gasteiger partial charge in [-0.3, -0.25) is 14.2 Å². The first-order valence-electron chi connectivity index (χ1n) is 6.03. The number of amides is 1. The largest absolute Gasteiger partial charge is 0.330 e. The molecule has 0 bridgehead atoms. The Hall–Kier alpha value is -2.48. The van der Waals surface area contributed by atoms with Gasteiger partial charge in [-0.15, -0.1) is 11.3 Å². The van der Waals surface area contributed by atoms with Crippen LogP contribution in [0.4, 0.5) is 0 Å². The Balaban J connectivity index is 2.35. The molecule has 8 heteroatoms. The maximum atomic E-state index is 11.9. The summed E-state index contributed by atoms with van der Waals surface area (Å²) in [5.74, 6) is -0.469. The first-order valence-corrected chi connectivity index (χ1v) is 6.91. The molecule has 21 heavy (non-hydrogen) atoms. The van der Waals surface area contributed by atoms with E-state index in [9.17, 15) is 14.4 Å². The quantitative estimate of drug-likeness (QED) is 0.710. The van der Waals surface area contributed by atoms with E-state index in [1.807, 2.05) is 5.38 Å². The monoisotopic (exact) mass is 306 g/mol. The molecule has 0 aliphatic heterocycles. The van der Waals surface area contributed by atoms with Crippen LogP contribution in [0.1, 0.15) is 5.56 Å². The Morgan fingerprint density at radius 2 is 1.95 bits per heavy atom. The third kappa shape index (κ3) is 3.16. The Morgan fingerprint density at radius 3 is 2.57 bits per heavy atom. The molecular weight excluding hydrogens is 292 g/mol.